The molecular weight excluding hydrogens is 299 g/mol. The molecule has 1 aromatic rings. The lowest BCUT2D eigenvalue weighted by Crippen LogP contribution is -2.52. The molecule has 0 unspecified atom stereocenters. The Bertz CT molecular complexity index is 453. The molecule has 0 spiro atoms. The molecule has 2 N–H and O–H groups in total. The van der Waals surface area contributed by atoms with Gasteiger partial charge in [-0.3, -0.25) is 4.79 Å². The number of amides is 1. The van der Waals surface area contributed by atoms with E-state index in [4.69, 9.17) is 0 Å². The molecule has 5 heteroatoms. The zero-order valence-corrected chi connectivity index (χ0v) is 11.8. The molecule has 1 fully saturated rings. The normalized spacial score (nSPS) is 23.8. The number of carbonyl (C=O) groups is 1. The highest BCUT2D eigenvalue weighted by Crippen LogP contribution is 2.19. The minimum absolute atomic E-state index is 0.0481. The van der Waals surface area contributed by atoms with Gasteiger partial charge in [0.15, 0.2) is 0 Å². The number of hydrogen-bond donors (Lipinski definition) is 2. The average Bonchev–Trinajstić information content (AvgIpc) is 2.31. The van der Waals surface area contributed by atoms with E-state index in [9.17, 15) is 9.18 Å². The molecule has 0 radical (unpaired) electrons. The Kier molecular flexibility index (Phi) is 4.35. The van der Waals surface area contributed by atoms with E-state index in [0.717, 1.165) is 23.0 Å². The predicted molar refractivity (Wildman–Crippen MR) is 71.5 cm³/mol. The fourth-order valence-corrected chi connectivity index (χ4v) is 2.63. The summed E-state index contributed by atoms with van der Waals surface area (Å²) in [5.74, 6) is 0.0966. The van der Waals surface area contributed by atoms with Gasteiger partial charge in [-0.05, 0) is 30.0 Å². The van der Waals surface area contributed by atoms with E-state index in [1.54, 1.807) is 6.07 Å². The topological polar surface area (TPSA) is 41.1 Å². The molecule has 1 aromatic carbocycles. The third-order valence-electron chi connectivity index (χ3n) is 3.28. The molecule has 1 amide bonds. The maximum Gasteiger partial charge on any atom is 0.237 e. The van der Waals surface area contributed by atoms with E-state index in [-0.39, 0.29) is 17.8 Å². The first-order valence-electron chi connectivity index (χ1n) is 6.03. The summed E-state index contributed by atoms with van der Waals surface area (Å²) in [6.45, 7) is 3.36. The third kappa shape index (κ3) is 3.09. The van der Waals surface area contributed by atoms with E-state index in [2.05, 4.69) is 33.5 Å². The molecular formula is C13H16BrFN2O. The standard InChI is InChI=1S/C13H16BrFN2O/c1-8-4-5-16-13(18)12(8)17-7-9-2-3-10(15)6-11(9)14/h2-3,6,8,12,17H,4-5,7H2,1H3,(H,16,18)/t8-,12-/m0/s1. The molecule has 0 aromatic heterocycles. The maximum atomic E-state index is 13.0. The number of benzene rings is 1. The first kappa shape index (κ1) is 13.5. The summed E-state index contributed by atoms with van der Waals surface area (Å²) < 4.78 is 13.7. The fraction of sp³-hybridized carbons (Fsp3) is 0.462. The lowest BCUT2D eigenvalue weighted by molar-refractivity contribution is -0.126. The van der Waals surface area contributed by atoms with Crippen molar-refractivity contribution in [3.63, 3.8) is 0 Å². The van der Waals surface area contributed by atoms with Crippen molar-refractivity contribution in [2.24, 2.45) is 5.92 Å². The monoisotopic (exact) mass is 314 g/mol. The van der Waals surface area contributed by atoms with Crippen molar-refractivity contribution in [3.05, 3.63) is 34.1 Å². The van der Waals surface area contributed by atoms with Gasteiger partial charge in [-0.25, -0.2) is 4.39 Å². The number of nitrogens with one attached hydrogen (secondary N) is 2. The van der Waals surface area contributed by atoms with Gasteiger partial charge in [0.05, 0.1) is 6.04 Å². The lowest BCUT2D eigenvalue weighted by Gasteiger charge is -2.29. The number of halogens is 2. The van der Waals surface area contributed by atoms with Crippen LogP contribution in [0.1, 0.15) is 18.9 Å². The van der Waals surface area contributed by atoms with Crippen molar-refractivity contribution in [3.8, 4) is 0 Å². The largest absolute Gasteiger partial charge is 0.355 e. The first-order chi connectivity index (χ1) is 8.58. The maximum absolute atomic E-state index is 13.0. The molecule has 2 rings (SSSR count). The van der Waals surface area contributed by atoms with E-state index < -0.39 is 0 Å². The molecule has 0 saturated carbocycles. The van der Waals surface area contributed by atoms with Gasteiger partial charge < -0.3 is 10.6 Å². The van der Waals surface area contributed by atoms with Crippen LogP contribution in [-0.2, 0) is 11.3 Å². The molecule has 1 saturated heterocycles. The molecule has 18 heavy (non-hydrogen) atoms. The van der Waals surface area contributed by atoms with E-state index in [0.29, 0.717) is 12.5 Å². The van der Waals surface area contributed by atoms with Gasteiger partial charge >= 0.3 is 0 Å². The third-order valence-corrected chi connectivity index (χ3v) is 4.02. The van der Waals surface area contributed by atoms with Crippen molar-refractivity contribution < 1.29 is 9.18 Å². The Labute approximate surface area is 114 Å². The number of piperidine rings is 1. The summed E-state index contributed by atoms with van der Waals surface area (Å²) in [4.78, 5) is 11.7. The van der Waals surface area contributed by atoms with Crippen molar-refractivity contribution >= 4 is 21.8 Å². The molecule has 2 atom stereocenters. The number of carbonyl (C=O) groups excluding carboxylic acids is 1. The molecule has 3 nitrogen and oxygen atoms in total. The van der Waals surface area contributed by atoms with Gasteiger partial charge in [0.25, 0.3) is 0 Å². The summed E-state index contributed by atoms with van der Waals surface area (Å²) in [6.07, 6.45) is 0.980. The van der Waals surface area contributed by atoms with Crippen LogP contribution in [0.3, 0.4) is 0 Å². The second kappa shape index (κ2) is 5.80. The highest BCUT2D eigenvalue weighted by Gasteiger charge is 2.28. The van der Waals surface area contributed by atoms with Crippen LogP contribution >= 0.6 is 15.9 Å². The summed E-state index contributed by atoms with van der Waals surface area (Å²) in [7, 11) is 0. The number of rotatable bonds is 3. The van der Waals surface area contributed by atoms with Gasteiger partial charge in [-0.15, -0.1) is 0 Å². The molecule has 0 aliphatic carbocycles. The van der Waals surface area contributed by atoms with Crippen LogP contribution in [0.5, 0.6) is 0 Å². The van der Waals surface area contributed by atoms with Gasteiger partial charge in [0.1, 0.15) is 5.82 Å². The summed E-state index contributed by atoms with van der Waals surface area (Å²) in [5.41, 5.74) is 0.946. The Morgan fingerprint density at radius 2 is 2.33 bits per heavy atom. The molecule has 1 aliphatic rings. The van der Waals surface area contributed by atoms with Crippen LogP contribution in [0.2, 0.25) is 0 Å². The highest BCUT2D eigenvalue weighted by atomic mass is 79.9. The second-order valence-electron chi connectivity index (χ2n) is 4.65. The zero-order chi connectivity index (χ0) is 13.1. The number of hydrogen-bond acceptors (Lipinski definition) is 2. The van der Waals surface area contributed by atoms with Gasteiger partial charge in [0.2, 0.25) is 5.91 Å². The van der Waals surface area contributed by atoms with Crippen LogP contribution in [-0.4, -0.2) is 18.5 Å². The Hall–Kier alpha value is -0.940. The smallest absolute Gasteiger partial charge is 0.237 e. The van der Waals surface area contributed by atoms with Gasteiger partial charge in [0, 0.05) is 17.6 Å². The fourth-order valence-electron chi connectivity index (χ4n) is 2.14. The first-order valence-corrected chi connectivity index (χ1v) is 6.82. The molecule has 1 heterocycles. The lowest BCUT2D eigenvalue weighted by atomic mass is 9.94. The Morgan fingerprint density at radius 1 is 1.56 bits per heavy atom. The molecule has 98 valence electrons. The summed E-state index contributed by atoms with van der Waals surface area (Å²) >= 11 is 3.32. The molecule has 1 aliphatic heterocycles. The Balaban J connectivity index is 2.00. The van der Waals surface area contributed by atoms with Gasteiger partial charge in [-0.2, -0.15) is 0 Å². The second-order valence-corrected chi connectivity index (χ2v) is 5.51. The Morgan fingerprint density at radius 3 is 3.00 bits per heavy atom. The van der Waals surface area contributed by atoms with E-state index in [1.165, 1.54) is 12.1 Å². The van der Waals surface area contributed by atoms with Crippen LogP contribution in [0, 0.1) is 11.7 Å². The summed E-state index contributed by atoms with van der Waals surface area (Å²) in [5, 5.41) is 6.08. The van der Waals surface area contributed by atoms with E-state index in [1.807, 2.05) is 0 Å². The quantitative estimate of drug-likeness (QED) is 0.898. The highest BCUT2D eigenvalue weighted by molar-refractivity contribution is 9.10. The van der Waals surface area contributed by atoms with Gasteiger partial charge in [-0.1, -0.05) is 28.9 Å². The van der Waals surface area contributed by atoms with Crippen molar-refractivity contribution in [1.29, 1.82) is 0 Å². The zero-order valence-electron chi connectivity index (χ0n) is 10.2. The summed E-state index contributed by atoms with van der Waals surface area (Å²) in [6, 6.07) is 4.40. The van der Waals surface area contributed by atoms with Crippen molar-refractivity contribution in [2.75, 3.05) is 6.54 Å². The van der Waals surface area contributed by atoms with Crippen molar-refractivity contribution in [2.45, 2.75) is 25.9 Å². The van der Waals surface area contributed by atoms with Crippen molar-refractivity contribution in [1.82, 2.24) is 10.6 Å². The minimum atomic E-state index is -0.269. The minimum Gasteiger partial charge on any atom is -0.355 e. The SMILES string of the molecule is C[C@H]1CCNC(=O)[C@H]1NCc1ccc(F)cc1Br. The average molecular weight is 315 g/mol. The van der Waals surface area contributed by atoms with Crippen LogP contribution in [0.4, 0.5) is 4.39 Å². The van der Waals surface area contributed by atoms with E-state index >= 15 is 0 Å². The van der Waals surface area contributed by atoms with Crippen LogP contribution in [0.25, 0.3) is 0 Å². The predicted octanol–water partition coefficient (Wildman–Crippen LogP) is 2.20. The van der Waals surface area contributed by atoms with Crippen LogP contribution < -0.4 is 10.6 Å². The molecule has 0 bridgehead atoms. The van der Waals surface area contributed by atoms with Crippen LogP contribution in [0.15, 0.2) is 22.7 Å².